The first-order valence-corrected chi connectivity index (χ1v) is 16.8. The molecule has 0 aliphatic carbocycles. The first kappa shape index (κ1) is 39.1. The summed E-state index contributed by atoms with van der Waals surface area (Å²) in [7, 11) is 3.18. The molecular weight excluding hydrogens is 695 g/mol. The molecule has 4 N–H and O–H groups in total. The average molecular weight is 740 g/mol. The minimum Gasteiger partial charge on any atom is -0.494 e. The van der Waals surface area contributed by atoms with Crippen molar-refractivity contribution in [2.24, 2.45) is 5.41 Å². The second kappa shape index (κ2) is 16.5. The number of ether oxygens (including phenoxy) is 2. The monoisotopic (exact) mass is 738 g/mol. The number of likely N-dealkylation sites (tertiary alicyclic amines) is 1. The van der Waals surface area contributed by atoms with Crippen LogP contribution in [-0.2, 0) is 14.4 Å². The van der Waals surface area contributed by atoms with Crippen molar-refractivity contribution >= 4 is 69.8 Å². The van der Waals surface area contributed by atoms with Crippen LogP contribution >= 0.6 is 24.0 Å². The number of benzene rings is 2. The number of carbonyl (C=O) groups excluding carboxylic acids is 3. The van der Waals surface area contributed by atoms with Crippen molar-refractivity contribution in [3.05, 3.63) is 65.7 Å². The summed E-state index contributed by atoms with van der Waals surface area (Å²) in [4.78, 5) is 55.2. The Bertz CT molecular complexity index is 1890. The quantitative estimate of drug-likeness (QED) is 0.143. The van der Waals surface area contributed by atoms with E-state index >= 15 is 0 Å². The van der Waals surface area contributed by atoms with Gasteiger partial charge in [-0.05, 0) is 75.5 Å². The Labute approximate surface area is 308 Å². The standard InChI is InChI=1S/C36H43ClN8O5.ClH/c1-20-10-12-23(18-39-20)50-29-13-11-22(15-25(29)37)42-32-24-16-27(30(49-7)17-26(24)40-19-41-32)43-34(47)28-9-8-14-45(28)35(48)31(36(3,4)5)44-33(46)21(2)38-6;/h10-13,15-19,21,28,31,38H,8-9,14H2,1-7H3,(H,43,47)(H,44,46)(H,40,41,42);1H. The summed E-state index contributed by atoms with van der Waals surface area (Å²) in [5, 5.41) is 13.0. The summed E-state index contributed by atoms with van der Waals surface area (Å²) in [5.41, 5.74) is 1.90. The summed E-state index contributed by atoms with van der Waals surface area (Å²) in [6.07, 6.45) is 4.18. The van der Waals surface area contributed by atoms with Crippen molar-refractivity contribution in [2.75, 3.05) is 31.3 Å². The first-order valence-electron chi connectivity index (χ1n) is 16.4. The summed E-state index contributed by atoms with van der Waals surface area (Å²) in [6.45, 7) is 9.67. The highest BCUT2D eigenvalue weighted by molar-refractivity contribution is 6.32. The van der Waals surface area contributed by atoms with Crippen molar-refractivity contribution in [2.45, 2.75) is 65.6 Å². The molecule has 0 radical (unpaired) electrons. The van der Waals surface area contributed by atoms with Gasteiger partial charge in [-0.3, -0.25) is 19.4 Å². The van der Waals surface area contributed by atoms with Crippen LogP contribution in [0.15, 0.2) is 55.0 Å². The molecule has 2 aromatic heterocycles. The van der Waals surface area contributed by atoms with Gasteiger partial charge in [-0.2, -0.15) is 0 Å². The predicted molar refractivity (Wildman–Crippen MR) is 200 cm³/mol. The zero-order valence-corrected chi connectivity index (χ0v) is 31.2. The minimum atomic E-state index is -0.825. The Morgan fingerprint density at radius 2 is 1.80 bits per heavy atom. The molecule has 15 heteroatoms. The van der Waals surface area contributed by atoms with Gasteiger partial charge in [0.2, 0.25) is 17.7 Å². The summed E-state index contributed by atoms with van der Waals surface area (Å²) in [6, 6.07) is 10.3. The fourth-order valence-corrected chi connectivity index (χ4v) is 5.84. The van der Waals surface area contributed by atoms with E-state index in [9.17, 15) is 14.4 Å². The fraction of sp³-hybridized carbons (Fsp3) is 0.389. The van der Waals surface area contributed by atoms with Crippen LogP contribution in [0.4, 0.5) is 17.2 Å². The molecule has 3 heterocycles. The molecule has 3 unspecified atom stereocenters. The van der Waals surface area contributed by atoms with Gasteiger partial charge in [-0.1, -0.05) is 32.4 Å². The predicted octanol–water partition coefficient (Wildman–Crippen LogP) is 6.02. The molecule has 0 bridgehead atoms. The lowest BCUT2D eigenvalue weighted by molar-refractivity contribution is -0.143. The van der Waals surface area contributed by atoms with Gasteiger partial charge in [0.05, 0.1) is 35.6 Å². The molecule has 1 aliphatic rings. The van der Waals surface area contributed by atoms with Crippen LogP contribution < -0.4 is 30.7 Å². The Morgan fingerprint density at radius 3 is 2.45 bits per heavy atom. The van der Waals surface area contributed by atoms with E-state index in [1.54, 1.807) is 55.4 Å². The molecule has 3 amide bonds. The number of aromatic nitrogens is 3. The molecule has 1 saturated heterocycles. The number of pyridine rings is 1. The smallest absolute Gasteiger partial charge is 0.247 e. The SMILES string of the molecule is CNC(C)C(=O)NC(C(=O)N1CCCC1C(=O)Nc1cc2c(Nc3ccc(Oc4ccc(C)nc4)c(Cl)c3)ncnc2cc1OC)C(C)(C)C.Cl. The van der Waals surface area contributed by atoms with E-state index in [1.165, 1.54) is 13.4 Å². The van der Waals surface area contributed by atoms with Crippen LogP contribution in [0.2, 0.25) is 5.02 Å². The van der Waals surface area contributed by atoms with Crippen LogP contribution in [0.5, 0.6) is 17.2 Å². The topological polar surface area (TPSA) is 160 Å². The number of methoxy groups -OCH3 is 1. The number of rotatable bonds is 11. The summed E-state index contributed by atoms with van der Waals surface area (Å²) < 4.78 is 11.5. The molecule has 4 aromatic rings. The van der Waals surface area contributed by atoms with E-state index in [4.69, 9.17) is 21.1 Å². The number of halogens is 2. The number of hydrogen-bond acceptors (Lipinski definition) is 10. The van der Waals surface area contributed by atoms with E-state index in [2.05, 4.69) is 36.2 Å². The zero-order valence-electron chi connectivity index (χ0n) is 29.7. The van der Waals surface area contributed by atoms with Gasteiger partial charge in [0.25, 0.3) is 0 Å². The van der Waals surface area contributed by atoms with Crippen LogP contribution in [0.3, 0.4) is 0 Å². The van der Waals surface area contributed by atoms with Gasteiger partial charge in [0, 0.05) is 29.4 Å². The second-order valence-corrected chi connectivity index (χ2v) is 13.7. The van der Waals surface area contributed by atoms with Gasteiger partial charge in [0.1, 0.15) is 41.5 Å². The number of nitrogens with zero attached hydrogens (tertiary/aromatic N) is 4. The summed E-state index contributed by atoms with van der Waals surface area (Å²) >= 11 is 6.57. The number of aryl methyl sites for hydroxylation is 1. The summed E-state index contributed by atoms with van der Waals surface area (Å²) in [5.74, 6) is 0.929. The van der Waals surface area contributed by atoms with Crippen LogP contribution in [0, 0.1) is 12.3 Å². The van der Waals surface area contributed by atoms with E-state index in [0.717, 1.165) is 5.69 Å². The maximum atomic E-state index is 13.9. The number of carbonyl (C=O) groups is 3. The highest BCUT2D eigenvalue weighted by Crippen LogP contribution is 2.36. The van der Waals surface area contributed by atoms with Gasteiger partial charge in [-0.25, -0.2) is 9.97 Å². The molecular formula is C36H44Cl2N8O5. The second-order valence-electron chi connectivity index (χ2n) is 13.3. The number of amides is 3. The number of fused-ring (bicyclic) bond motifs is 1. The van der Waals surface area contributed by atoms with Gasteiger partial charge in [-0.15, -0.1) is 12.4 Å². The molecule has 13 nitrogen and oxygen atoms in total. The Balaban J connectivity index is 0.00000583. The van der Waals surface area contributed by atoms with Gasteiger partial charge in [0.15, 0.2) is 0 Å². The molecule has 0 saturated carbocycles. The van der Waals surface area contributed by atoms with Crippen molar-refractivity contribution in [3.63, 3.8) is 0 Å². The maximum absolute atomic E-state index is 13.9. The minimum absolute atomic E-state index is 0. The maximum Gasteiger partial charge on any atom is 0.247 e. The normalized spacial score (nSPS) is 15.4. The first-order chi connectivity index (χ1) is 23.8. The molecule has 2 aromatic carbocycles. The number of nitrogens with one attached hydrogen (secondary N) is 4. The third kappa shape index (κ3) is 9.15. The molecule has 272 valence electrons. The third-order valence-electron chi connectivity index (χ3n) is 8.59. The van der Waals surface area contributed by atoms with E-state index in [1.807, 2.05) is 39.8 Å². The third-order valence-corrected chi connectivity index (χ3v) is 8.88. The van der Waals surface area contributed by atoms with Crippen molar-refractivity contribution in [1.29, 1.82) is 0 Å². The number of hydrogen-bond donors (Lipinski definition) is 4. The lowest BCUT2D eigenvalue weighted by Gasteiger charge is -2.36. The Morgan fingerprint density at radius 1 is 1.04 bits per heavy atom. The molecule has 51 heavy (non-hydrogen) atoms. The average Bonchev–Trinajstić information content (AvgIpc) is 3.58. The van der Waals surface area contributed by atoms with E-state index in [0.29, 0.717) is 69.8 Å². The number of likely N-dealkylation sites (N-methyl/N-ethyl adjacent to an activating group) is 1. The van der Waals surface area contributed by atoms with Crippen LogP contribution in [0.25, 0.3) is 10.9 Å². The van der Waals surface area contributed by atoms with Gasteiger partial charge >= 0.3 is 0 Å². The molecule has 1 aliphatic heterocycles. The van der Waals surface area contributed by atoms with Crippen molar-refractivity contribution in [1.82, 2.24) is 30.5 Å². The largest absolute Gasteiger partial charge is 0.494 e. The van der Waals surface area contributed by atoms with E-state index in [-0.39, 0.29) is 30.1 Å². The Kier molecular flexibility index (Phi) is 12.7. The van der Waals surface area contributed by atoms with Gasteiger partial charge < -0.3 is 35.6 Å². The molecule has 3 atom stereocenters. The van der Waals surface area contributed by atoms with Crippen molar-refractivity contribution < 1.29 is 23.9 Å². The highest BCUT2D eigenvalue weighted by Gasteiger charge is 2.42. The molecule has 0 spiro atoms. The lowest BCUT2D eigenvalue weighted by atomic mass is 9.85. The highest BCUT2D eigenvalue weighted by atomic mass is 35.5. The lowest BCUT2D eigenvalue weighted by Crippen LogP contribution is -2.59. The fourth-order valence-electron chi connectivity index (χ4n) is 5.62. The van der Waals surface area contributed by atoms with Crippen molar-refractivity contribution in [3.8, 4) is 17.2 Å². The van der Waals surface area contributed by atoms with E-state index < -0.39 is 23.5 Å². The molecule has 1 fully saturated rings. The molecule has 5 rings (SSSR count). The Hall–Kier alpha value is -4.72. The van der Waals surface area contributed by atoms with Crippen LogP contribution in [-0.4, -0.2) is 76.4 Å². The number of anilines is 3. The van der Waals surface area contributed by atoms with Crippen LogP contribution in [0.1, 0.15) is 46.2 Å². The zero-order chi connectivity index (χ0) is 36.2.